The van der Waals surface area contributed by atoms with E-state index in [-0.39, 0.29) is 11.4 Å². The molecule has 1 aliphatic carbocycles. The lowest BCUT2D eigenvalue weighted by Crippen LogP contribution is -2.26. The number of benzene rings is 2. The Labute approximate surface area is 213 Å². The molecule has 1 atom stereocenters. The van der Waals surface area contributed by atoms with Crippen LogP contribution in [0.15, 0.2) is 59.9 Å². The van der Waals surface area contributed by atoms with E-state index in [1.807, 2.05) is 12.1 Å². The highest BCUT2D eigenvalue weighted by atomic mass is 35.5. The van der Waals surface area contributed by atoms with Crippen LogP contribution in [0.3, 0.4) is 0 Å². The van der Waals surface area contributed by atoms with E-state index in [0.717, 1.165) is 5.56 Å². The number of nitrogens with one attached hydrogen (secondary N) is 1. The van der Waals surface area contributed by atoms with Crippen LogP contribution in [-0.2, 0) is 12.6 Å². The summed E-state index contributed by atoms with van der Waals surface area (Å²) in [6, 6.07) is 10.0. The van der Waals surface area contributed by atoms with E-state index in [9.17, 15) is 13.6 Å². The molecule has 0 amide bonds. The van der Waals surface area contributed by atoms with Crippen LogP contribution in [0.25, 0.3) is 21.7 Å². The first-order valence-electron chi connectivity index (χ1n) is 11.5. The van der Waals surface area contributed by atoms with Gasteiger partial charge < -0.3 is 15.6 Å². The van der Waals surface area contributed by atoms with Crippen LogP contribution in [0, 0.1) is 0 Å². The number of pyridine rings is 1. The van der Waals surface area contributed by atoms with Crippen LogP contribution in [0.1, 0.15) is 30.1 Å². The minimum absolute atomic E-state index is 0.157. The van der Waals surface area contributed by atoms with Gasteiger partial charge in [0.15, 0.2) is 0 Å². The van der Waals surface area contributed by atoms with Crippen molar-refractivity contribution in [1.82, 2.24) is 29.5 Å². The second-order valence-electron chi connectivity index (χ2n) is 9.22. The maximum Gasteiger partial charge on any atom is 0.263 e. The number of aryl methyl sites for hydroxylation is 1. The normalized spacial score (nSPS) is 15.4. The van der Waals surface area contributed by atoms with Gasteiger partial charge >= 0.3 is 0 Å². The van der Waals surface area contributed by atoms with Gasteiger partial charge in [-0.1, -0.05) is 28.9 Å². The molecular formula is C25H21ClF2N8O. The van der Waals surface area contributed by atoms with E-state index in [4.69, 9.17) is 17.3 Å². The number of nitrogens with zero attached hydrogens (tertiary/aromatic N) is 6. The zero-order valence-electron chi connectivity index (χ0n) is 19.6. The molecule has 0 unspecified atom stereocenters. The van der Waals surface area contributed by atoms with Crippen LogP contribution < -0.4 is 16.6 Å². The van der Waals surface area contributed by atoms with Gasteiger partial charge in [-0.05, 0) is 48.1 Å². The predicted octanol–water partition coefficient (Wildman–Crippen LogP) is 4.26. The number of fused-ring (bicyclic) bond motifs is 2. The molecule has 0 radical (unpaired) electrons. The average molecular weight is 523 g/mol. The number of anilines is 2. The fourth-order valence-electron chi connectivity index (χ4n) is 4.66. The van der Waals surface area contributed by atoms with Crippen molar-refractivity contribution in [1.29, 1.82) is 0 Å². The molecule has 37 heavy (non-hydrogen) atoms. The Bertz CT molecular complexity index is 1730. The minimum Gasteiger partial charge on any atom is -0.383 e. The molecule has 1 aliphatic rings. The largest absolute Gasteiger partial charge is 0.383 e. The summed E-state index contributed by atoms with van der Waals surface area (Å²) in [7, 11) is 1.68. The Hall–Kier alpha value is -4.12. The summed E-state index contributed by atoms with van der Waals surface area (Å²) in [6.07, 6.45) is 2.66. The second kappa shape index (κ2) is 8.48. The van der Waals surface area contributed by atoms with Crippen LogP contribution in [0.5, 0.6) is 0 Å². The minimum atomic E-state index is -2.56. The standard InChI is InChI=1S/C25H21ClF2N8O/c1-35-8-5-14-15(3-2-4-16(14)23(35)37)21(19-11-36(34-33-19)25(6-7-25)24(27)28)32-13-9-17-20(18(26)10-13)30-12-31-22(17)29/h2-5,8-12,21,24,32H,6-7H2,1H3,(H2,29,30,31)/t21-/m0/s1. The van der Waals surface area contributed by atoms with Crippen molar-refractivity contribution in [2.75, 3.05) is 11.1 Å². The summed E-state index contributed by atoms with van der Waals surface area (Å²) in [5.41, 5.74) is 6.79. The lowest BCUT2D eigenvalue weighted by molar-refractivity contribution is 0.0593. The van der Waals surface area contributed by atoms with Gasteiger partial charge in [0, 0.05) is 29.7 Å². The molecule has 3 N–H and O–H groups in total. The molecular weight excluding hydrogens is 502 g/mol. The number of hydrogen-bond donors (Lipinski definition) is 2. The first kappa shape index (κ1) is 23.3. The SMILES string of the molecule is Cn1ccc2c([C@H](Nc3cc(Cl)c4ncnc(N)c4c3)c3cn(C4(C(F)F)CC4)nn3)cccc2c1=O. The first-order chi connectivity index (χ1) is 17.8. The van der Waals surface area contributed by atoms with Crippen LogP contribution in [0.4, 0.5) is 20.3 Å². The zero-order valence-corrected chi connectivity index (χ0v) is 20.3. The third kappa shape index (κ3) is 3.77. The number of nitrogens with two attached hydrogens (primary N) is 1. The zero-order chi connectivity index (χ0) is 25.9. The Morgan fingerprint density at radius 1 is 1.14 bits per heavy atom. The van der Waals surface area contributed by atoms with Crippen molar-refractivity contribution in [3.63, 3.8) is 0 Å². The van der Waals surface area contributed by atoms with Crippen molar-refractivity contribution in [2.45, 2.75) is 30.8 Å². The van der Waals surface area contributed by atoms with Crippen molar-refractivity contribution < 1.29 is 8.78 Å². The van der Waals surface area contributed by atoms with E-state index >= 15 is 0 Å². The first-order valence-corrected chi connectivity index (χ1v) is 11.9. The molecule has 0 aliphatic heterocycles. The molecule has 6 rings (SSSR count). The van der Waals surface area contributed by atoms with Gasteiger partial charge in [-0.3, -0.25) is 4.79 Å². The number of nitrogen functional groups attached to an aromatic ring is 1. The summed E-state index contributed by atoms with van der Waals surface area (Å²) in [5, 5.41) is 13.9. The average Bonchev–Trinajstić information content (AvgIpc) is 3.56. The summed E-state index contributed by atoms with van der Waals surface area (Å²) < 4.78 is 30.3. The van der Waals surface area contributed by atoms with Gasteiger partial charge in [0.25, 0.3) is 12.0 Å². The lowest BCUT2D eigenvalue weighted by atomic mass is 9.97. The molecule has 1 fully saturated rings. The van der Waals surface area contributed by atoms with E-state index < -0.39 is 18.0 Å². The topological polar surface area (TPSA) is 117 Å². The molecule has 3 heterocycles. The number of halogens is 3. The molecule has 5 aromatic rings. The monoisotopic (exact) mass is 522 g/mol. The number of alkyl halides is 2. The summed E-state index contributed by atoms with van der Waals surface area (Å²) in [6.45, 7) is 0. The molecule has 1 saturated carbocycles. The van der Waals surface area contributed by atoms with Crippen molar-refractivity contribution in [3.8, 4) is 0 Å². The number of rotatable bonds is 6. The molecule has 9 nitrogen and oxygen atoms in total. The Balaban J connectivity index is 1.52. The number of aromatic nitrogens is 6. The van der Waals surface area contributed by atoms with Crippen LogP contribution in [0.2, 0.25) is 5.02 Å². The van der Waals surface area contributed by atoms with Crippen molar-refractivity contribution >= 4 is 44.8 Å². The Kier molecular flexibility index (Phi) is 5.34. The van der Waals surface area contributed by atoms with E-state index in [1.54, 1.807) is 37.5 Å². The third-order valence-electron chi connectivity index (χ3n) is 6.93. The highest BCUT2D eigenvalue weighted by molar-refractivity contribution is 6.35. The quantitative estimate of drug-likeness (QED) is 0.342. The third-order valence-corrected chi connectivity index (χ3v) is 7.22. The van der Waals surface area contributed by atoms with Crippen molar-refractivity contribution in [2.24, 2.45) is 7.05 Å². The molecule has 2 aromatic carbocycles. The lowest BCUT2D eigenvalue weighted by Gasteiger charge is -2.21. The summed E-state index contributed by atoms with van der Waals surface area (Å²) in [5.74, 6) is 0.263. The van der Waals surface area contributed by atoms with Gasteiger partial charge in [-0.25, -0.2) is 23.4 Å². The van der Waals surface area contributed by atoms with Gasteiger partial charge in [0.05, 0.1) is 22.8 Å². The van der Waals surface area contributed by atoms with Gasteiger partial charge in [0.2, 0.25) is 0 Å². The Morgan fingerprint density at radius 3 is 2.70 bits per heavy atom. The van der Waals surface area contributed by atoms with Crippen molar-refractivity contribution in [3.05, 3.63) is 81.8 Å². The maximum atomic E-state index is 13.8. The fraction of sp³-hybridized carbons (Fsp3) is 0.240. The maximum absolute atomic E-state index is 13.8. The molecule has 188 valence electrons. The molecule has 0 saturated heterocycles. The highest BCUT2D eigenvalue weighted by Crippen LogP contribution is 2.48. The molecule has 0 spiro atoms. The van der Waals surface area contributed by atoms with Gasteiger partial charge in [0.1, 0.15) is 23.4 Å². The van der Waals surface area contributed by atoms with Crippen LogP contribution >= 0.6 is 11.6 Å². The molecule has 0 bridgehead atoms. The molecule has 3 aromatic heterocycles. The van der Waals surface area contributed by atoms with Gasteiger partial charge in [-0.2, -0.15) is 0 Å². The van der Waals surface area contributed by atoms with Gasteiger partial charge in [-0.15, -0.1) is 5.10 Å². The van der Waals surface area contributed by atoms with Crippen LogP contribution in [-0.4, -0.2) is 36.0 Å². The van der Waals surface area contributed by atoms with E-state index in [1.165, 1.54) is 21.8 Å². The summed E-state index contributed by atoms with van der Waals surface area (Å²) >= 11 is 6.50. The Morgan fingerprint density at radius 2 is 1.95 bits per heavy atom. The summed E-state index contributed by atoms with van der Waals surface area (Å²) in [4.78, 5) is 21.1. The number of hydrogen-bond acceptors (Lipinski definition) is 7. The predicted molar refractivity (Wildman–Crippen MR) is 137 cm³/mol. The molecule has 12 heteroatoms. The second-order valence-corrected chi connectivity index (χ2v) is 9.63. The highest BCUT2D eigenvalue weighted by Gasteiger charge is 2.54. The van der Waals surface area contributed by atoms with E-state index in [2.05, 4.69) is 25.6 Å². The fourth-order valence-corrected chi connectivity index (χ4v) is 4.93. The smallest absolute Gasteiger partial charge is 0.263 e. The van der Waals surface area contributed by atoms with E-state index in [0.29, 0.717) is 50.9 Å².